The van der Waals surface area contributed by atoms with Crippen LogP contribution in [0.2, 0.25) is 0 Å². The number of ether oxygens (including phenoxy) is 2. The summed E-state index contributed by atoms with van der Waals surface area (Å²) in [4.78, 5) is 12.5. The Labute approximate surface area is 137 Å². The second-order valence-corrected chi connectivity index (χ2v) is 5.45. The maximum atomic E-state index is 12.5. The van der Waals surface area contributed by atoms with Gasteiger partial charge in [0, 0.05) is 11.8 Å². The molecule has 4 nitrogen and oxygen atoms in total. The zero-order valence-corrected chi connectivity index (χ0v) is 14.1. The third kappa shape index (κ3) is 4.25. The van der Waals surface area contributed by atoms with Gasteiger partial charge in [0.1, 0.15) is 11.5 Å². The normalized spacial score (nSPS) is 11.7. The van der Waals surface area contributed by atoms with E-state index in [0.29, 0.717) is 17.9 Å². The average Bonchev–Trinajstić information content (AvgIpc) is 2.56. The van der Waals surface area contributed by atoms with Gasteiger partial charge in [0.2, 0.25) is 0 Å². The van der Waals surface area contributed by atoms with Gasteiger partial charge in [-0.1, -0.05) is 31.2 Å². The highest BCUT2D eigenvalue weighted by molar-refractivity contribution is 5.95. The van der Waals surface area contributed by atoms with E-state index < -0.39 is 6.10 Å². The molecule has 23 heavy (non-hydrogen) atoms. The van der Waals surface area contributed by atoms with Gasteiger partial charge in [-0.2, -0.15) is 0 Å². The van der Waals surface area contributed by atoms with Gasteiger partial charge in [-0.3, -0.25) is 4.79 Å². The zero-order chi connectivity index (χ0) is 16.8. The van der Waals surface area contributed by atoms with E-state index in [-0.39, 0.29) is 5.91 Å². The number of methoxy groups -OCH3 is 1. The molecule has 0 unspecified atom stereocenters. The number of carbonyl (C=O) groups excluding carboxylic acids is 1. The van der Waals surface area contributed by atoms with E-state index in [1.807, 2.05) is 57.2 Å². The Morgan fingerprint density at radius 3 is 2.30 bits per heavy atom. The number of hydrogen-bond donors (Lipinski definition) is 1. The summed E-state index contributed by atoms with van der Waals surface area (Å²) < 4.78 is 11.0. The Balaban J connectivity index is 2.12. The minimum absolute atomic E-state index is 0.146. The summed E-state index contributed by atoms with van der Waals surface area (Å²) in [6.45, 7) is 5.88. The number of aryl methyl sites for hydroxylation is 2. The lowest BCUT2D eigenvalue weighted by Crippen LogP contribution is -2.32. The van der Waals surface area contributed by atoms with Crippen LogP contribution in [0.1, 0.15) is 24.5 Å². The second-order valence-electron chi connectivity index (χ2n) is 5.45. The van der Waals surface area contributed by atoms with E-state index in [1.165, 1.54) is 0 Å². The van der Waals surface area contributed by atoms with E-state index in [0.717, 1.165) is 16.8 Å². The van der Waals surface area contributed by atoms with Crippen LogP contribution in [0.4, 0.5) is 5.69 Å². The van der Waals surface area contributed by atoms with Crippen molar-refractivity contribution in [1.82, 2.24) is 0 Å². The summed E-state index contributed by atoms with van der Waals surface area (Å²) in [5, 5.41) is 2.98. The van der Waals surface area contributed by atoms with Gasteiger partial charge in [0.15, 0.2) is 6.10 Å². The molecule has 122 valence electrons. The summed E-state index contributed by atoms with van der Waals surface area (Å²) in [6.07, 6.45) is 0.0228. The molecule has 2 aromatic carbocycles. The van der Waals surface area contributed by atoms with Crippen LogP contribution in [-0.4, -0.2) is 19.1 Å². The van der Waals surface area contributed by atoms with Gasteiger partial charge in [-0.15, -0.1) is 0 Å². The van der Waals surface area contributed by atoms with E-state index in [4.69, 9.17) is 9.47 Å². The summed E-state index contributed by atoms with van der Waals surface area (Å²) in [7, 11) is 1.60. The molecule has 0 radical (unpaired) electrons. The van der Waals surface area contributed by atoms with Crippen LogP contribution in [0, 0.1) is 13.8 Å². The molecule has 0 heterocycles. The predicted molar refractivity (Wildman–Crippen MR) is 92.2 cm³/mol. The van der Waals surface area contributed by atoms with Gasteiger partial charge in [-0.05, 0) is 43.5 Å². The summed E-state index contributed by atoms with van der Waals surface area (Å²) in [6, 6.07) is 13.2. The standard InChI is InChI=1S/C19H23NO3/c1-5-17(23-16-11-7-10-15(12-16)22-4)19(21)20-18-13(2)8-6-9-14(18)3/h6-12,17H,5H2,1-4H3,(H,20,21)/t17-/m1/s1. The highest BCUT2D eigenvalue weighted by Gasteiger charge is 2.20. The molecular weight excluding hydrogens is 290 g/mol. The lowest BCUT2D eigenvalue weighted by Gasteiger charge is -2.19. The van der Waals surface area contributed by atoms with Crippen LogP contribution in [0.5, 0.6) is 11.5 Å². The number of amides is 1. The largest absolute Gasteiger partial charge is 0.497 e. The quantitative estimate of drug-likeness (QED) is 0.873. The van der Waals surface area contributed by atoms with Gasteiger partial charge < -0.3 is 14.8 Å². The number of rotatable bonds is 6. The van der Waals surface area contributed by atoms with Crippen LogP contribution in [-0.2, 0) is 4.79 Å². The Kier molecular flexibility index (Phi) is 5.63. The molecule has 0 bridgehead atoms. The predicted octanol–water partition coefficient (Wildman–Crippen LogP) is 4.11. The molecular formula is C19H23NO3. The van der Waals surface area contributed by atoms with Crippen LogP contribution < -0.4 is 14.8 Å². The van der Waals surface area contributed by atoms with Crippen LogP contribution in [0.3, 0.4) is 0 Å². The first kappa shape index (κ1) is 16.9. The highest BCUT2D eigenvalue weighted by Crippen LogP contribution is 2.23. The number of nitrogens with one attached hydrogen (secondary N) is 1. The third-order valence-corrected chi connectivity index (χ3v) is 3.71. The SMILES string of the molecule is CC[C@@H](Oc1cccc(OC)c1)C(=O)Nc1c(C)cccc1C. The third-order valence-electron chi connectivity index (χ3n) is 3.71. The van der Waals surface area contributed by atoms with Crippen molar-refractivity contribution in [3.8, 4) is 11.5 Å². The van der Waals surface area contributed by atoms with Crippen LogP contribution in [0.15, 0.2) is 42.5 Å². The number of anilines is 1. The topological polar surface area (TPSA) is 47.6 Å². The highest BCUT2D eigenvalue weighted by atomic mass is 16.5. The fraction of sp³-hybridized carbons (Fsp3) is 0.316. The van der Waals surface area contributed by atoms with Crippen LogP contribution >= 0.6 is 0 Å². The van der Waals surface area contributed by atoms with E-state index in [9.17, 15) is 4.79 Å². The fourth-order valence-corrected chi connectivity index (χ4v) is 2.38. The van der Waals surface area contributed by atoms with Crippen molar-refractivity contribution in [2.75, 3.05) is 12.4 Å². The molecule has 4 heteroatoms. The van der Waals surface area contributed by atoms with Crippen molar-refractivity contribution in [3.05, 3.63) is 53.6 Å². The molecule has 1 N–H and O–H groups in total. The van der Waals surface area contributed by atoms with Crippen molar-refractivity contribution in [3.63, 3.8) is 0 Å². The molecule has 0 saturated heterocycles. The molecule has 1 amide bonds. The minimum atomic E-state index is -0.555. The smallest absolute Gasteiger partial charge is 0.265 e. The maximum absolute atomic E-state index is 12.5. The van der Waals surface area contributed by atoms with Gasteiger partial charge >= 0.3 is 0 Å². The zero-order valence-electron chi connectivity index (χ0n) is 14.1. The molecule has 1 atom stereocenters. The molecule has 0 aliphatic rings. The first-order valence-electron chi connectivity index (χ1n) is 7.73. The molecule has 0 aromatic heterocycles. The maximum Gasteiger partial charge on any atom is 0.265 e. The Hall–Kier alpha value is -2.49. The summed E-state index contributed by atoms with van der Waals surface area (Å²) >= 11 is 0. The van der Waals surface area contributed by atoms with Crippen LogP contribution in [0.25, 0.3) is 0 Å². The first-order chi connectivity index (χ1) is 11.0. The van der Waals surface area contributed by atoms with Crippen molar-refractivity contribution >= 4 is 11.6 Å². The van der Waals surface area contributed by atoms with Crippen molar-refractivity contribution in [2.45, 2.75) is 33.3 Å². The lowest BCUT2D eigenvalue weighted by molar-refractivity contribution is -0.122. The van der Waals surface area contributed by atoms with E-state index >= 15 is 0 Å². The molecule has 0 spiro atoms. The monoisotopic (exact) mass is 313 g/mol. The number of benzene rings is 2. The van der Waals surface area contributed by atoms with E-state index in [1.54, 1.807) is 13.2 Å². The summed E-state index contributed by atoms with van der Waals surface area (Å²) in [5.74, 6) is 1.17. The number of carbonyl (C=O) groups is 1. The molecule has 2 rings (SSSR count). The number of para-hydroxylation sites is 1. The first-order valence-corrected chi connectivity index (χ1v) is 7.73. The minimum Gasteiger partial charge on any atom is -0.497 e. The Bertz CT molecular complexity index is 662. The van der Waals surface area contributed by atoms with Gasteiger partial charge in [0.25, 0.3) is 5.91 Å². The van der Waals surface area contributed by atoms with Gasteiger partial charge in [0.05, 0.1) is 7.11 Å². The number of hydrogen-bond acceptors (Lipinski definition) is 3. The molecule has 0 saturated carbocycles. The summed E-state index contributed by atoms with van der Waals surface area (Å²) in [5.41, 5.74) is 2.93. The molecule has 0 fully saturated rings. The lowest BCUT2D eigenvalue weighted by atomic mass is 10.1. The Morgan fingerprint density at radius 2 is 1.70 bits per heavy atom. The molecule has 0 aliphatic carbocycles. The van der Waals surface area contributed by atoms with Crippen molar-refractivity contribution in [1.29, 1.82) is 0 Å². The van der Waals surface area contributed by atoms with Gasteiger partial charge in [-0.25, -0.2) is 0 Å². The molecule has 2 aromatic rings. The fourth-order valence-electron chi connectivity index (χ4n) is 2.38. The average molecular weight is 313 g/mol. The Morgan fingerprint density at radius 1 is 1.09 bits per heavy atom. The molecule has 0 aliphatic heterocycles. The van der Waals surface area contributed by atoms with Crippen molar-refractivity contribution in [2.24, 2.45) is 0 Å². The van der Waals surface area contributed by atoms with Crippen molar-refractivity contribution < 1.29 is 14.3 Å². The second kappa shape index (κ2) is 7.68. The van der Waals surface area contributed by atoms with E-state index in [2.05, 4.69) is 5.32 Å².